The van der Waals surface area contributed by atoms with E-state index in [0.717, 1.165) is 18.6 Å². The minimum atomic E-state index is -0.0252. The summed E-state index contributed by atoms with van der Waals surface area (Å²) in [5.74, 6) is 0. The molecule has 2 N–H and O–H groups in total. The van der Waals surface area contributed by atoms with Crippen molar-refractivity contribution in [3.8, 4) is 0 Å². The van der Waals surface area contributed by atoms with Crippen molar-refractivity contribution in [1.29, 1.82) is 0 Å². The number of benzene rings is 1. The number of hydrogen-bond acceptors (Lipinski definition) is 3. The van der Waals surface area contributed by atoms with E-state index in [9.17, 15) is 0 Å². The topological polar surface area (TPSA) is 38.5 Å². The molecular weight excluding hydrogens is 200 g/mol. The van der Waals surface area contributed by atoms with Crippen molar-refractivity contribution in [3.05, 3.63) is 29.8 Å². The Morgan fingerprint density at radius 1 is 1.25 bits per heavy atom. The molecule has 0 spiro atoms. The van der Waals surface area contributed by atoms with Crippen molar-refractivity contribution in [3.63, 3.8) is 0 Å². The van der Waals surface area contributed by atoms with Crippen LogP contribution in [-0.4, -0.2) is 27.3 Å². The van der Waals surface area contributed by atoms with Gasteiger partial charge in [0.2, 0.25) is 0 Å². The first-order chi connectivity index (χ1) is 7.65. The SMILES string of the molecule is CCCOCC(N)c1ccc(N(C)C)cc1. The van der Waals surface area contributed by atoms with Crippen LogP contribution in [0.5, 0.6) is 0 Å². The molecule has 1 rings (SSSR count). The number of rotatable bonds is 6. The third-order valence-corrected chi connectivity index (χ3v) is 2.48. The Hall–Kier alpha value is -1.06. The zero-order chi connectivity index (χ0) is 12.0. The molecule has 1 aromatic carbocycles. The summed E-state index contributed by atoms with van der Waals surface area (Å²) in [6, 6.07) is 8.26. The van der Waals surface area contributed by atoms with Crippen LogP contribution in [0.25, 0.3) is 0 Å². The number of nitrogens with two attached hydrogens (primary N) is 1. The highest BCUT2D eigenvalue weighted by atomic mass is 16.5. The highest BCUT2D eigenvalue weighted by Crippen LogP contribution is 2.16. The summed E-state index contributed by atoms with van der Waals surface area (Å²) < 4.78 is 5.44. The largest absolute Gasteiger partial charge is 0.379 e. The maximum absolute atomic E-state index is 6.02. The van der Waals surface area contributed by atoms with Crippen molar-refractivity contribution in [2.45, 2.75) is 19.4 Å². The minimum Gasteiger partial charge on any atom is -0.379 e. The summed E-state index contributed by atoms with van der Waals surface area (Å²) in [7, 11) is 4.05. The van der Waals surface area contributed by atoms with Gasteiger partial charge in [0.25, 0.3) is 0 Å². The predicted octanol–water partition coefficient (Wildman–Crippen LogP) is 2.18. The quantitative estimate of drug-likeness (QED) is 0.750. The third kappa shape index (κ3) is 3.83. The Bertz CT molecular complexity index is 295. The summed E-state index contributed by atoms with van der Waals surface area (Å²) in [5, 5.41) is 0. The van der Waals surface area contributed by atoms with Gasteiger partial charge in [-0.05, 0) is 24.1 Å². The van der Waals surface area contributed by atoms with Crippen LogP contribution in [0.15, 0.2) is 24.3 Å². The lowest BCUT2D eigenvalue weighted by atomic mass is 10.1. The number of ether oxygens (including phenoxy) is 1. The molecule has 16 heavy (non-hydrogen) atoms. The highest BCUT2D eigenvalue weighted by Gasteiger charge is 2.05. The van der Waals surface area contributed by atoms with Crippen LogP contribution in [0.3, 0.4) is 0 Å². The van der Waals surface area contributed by atoms with Crippen molar-refractivity contribution < 1.29 is 4.74 Å². The molecule has 0 saturated carbocycles. The molecule has 0 heterocycles. The van der Waals surface area contributed by atoms with Gasteiger partial charge in [0, 0.05) is 26.4 Å². The lowest BCUT2D eigenvalue weighted by Gasteiger charge is -2.15. The molecule has 0 aliphatic carbocycles. The summed E-state index contributed by atoms with van der Waals surface area (Å²) >= 11 is 0. The average Bonchev–Trinajstić information content (AvgIpc) is 2.29. The summed E-state index contributed by atoms with van der Waals surface area (Å²) in [4.78, 5) is 2.07. The van der Waals surface area contributed by atoms with Crippen LogP contribution < -0.4 is 10.6 Å². The molecule has 0 radical (unpaired) electrons. The van der Waals surface area contributed by atoms with Crippen LogP contribution in [0.1, 0.15) is 24.9 Å². The Balaban J connectivity index is 2.52. The minimum absolute atomic E-state index is 0.0252. The second-order valence-electron chi connectivity index (χ2n) is 4.17. The van der Waals surface area contributed by atoms with Gasteiger partial charge in [0.15, 0.2) is 0 Å². The Morgan fingerprint density at radius 2 is 1.88 bits per heavy atom. The summed E-state index contributed by atoms with van der Waals surface area (Å²) in [6.07, 6.45) is 1.03. The van der Waals surface area contributed by atoms with Crippen molar-refractivity contribution >= 4 is 5.69 Å². The van der Waals surface area contributed by atoms with E-state index in [2.05, 4.69) is 36.1 Å². The van der Waals surface area contributed by atoms with Gasteiger partial charge in [-0.2, -0.15) is 0 Å². The number of nitrogens with zero attached hydrogens (tertiary/aromatic N) is 1. The Kier molecular flexibility index (Phi) is 5.29. The lowest BCUT2D eigenvalue weighted by Crippen LogP contribution is -2.17. The molecular formula is C13H22N2O. The van der Waals surface area contributed by atoms with Gasteiger partial charge in [-0.25, -0.2) is 0 Å². The van der Waals surface area contributed by atoms with Crippen LogP contribution in [0.4, 0.5) is 5.69 Å². The van der Waals surface area contributed by atoms with Crippen molar-refractivity contribution in [1.82, 2.24) is 0 Å². The molecule has 1 atom stereocenters. The van der Waals surface area contributed by atoms with Gasteiger partial charge in [-0.15, -0.1) is 0 Å². The molecule has 3 heteroatoms. The Labute approximate surface area is 98.2 Å². The summed E-state index contributed by atoms with van der Waals surface area (Å²) in [6.45, 7) is 3.47. The molecule has 0 amide bonds. The van der Waals surface area contributed by atoms with E-state index in [0.29, 0.717) is 6.61 Å². The first kappa shape index (κ1) is 13.0. The fourth-order valence-electron chi connectivity index (χ4n) is 1.47. The van der Waals surface area contributed by atoms with Crippen LogP contribution in [0.2, 0.25) is 0 Å². The molecule has 1 unspecified atom stereocenters. The van der Waals surface area contributed by atoms with Gasteiger partial charge in [0.05, 0.1) is 12.6 Å². The number of hydrogen-bond donors (Lipinski definition) is 1. The first-order valence-electron chi connectivity index (χ1n) is 5.75. The maximum Gasteiger partial charge on any atom is 0.0659 e. The average molecular weight is 222 g/mol. The van der Waals surface area contributed by atoms with E-state index in [1.807, 2.05) is 14.1 Å². The zero-order valence-corrected chi connectivity index (χ0v) is 10.4. The van der Waals surface area contributed by atoms with Gasteiger partial charge in [0.1, 0.15) is 0 Å². The van der Waals surface area contributed by atoms with Gasteiger partial charge in [-0.3, -0.25) is 0 Å². The van der Waals surface area contributed by atoms with E-state index in [1.165, 1.54) is 5.69 Å². The summed E-state index contributed by atoms with van der Waals surface area (Å²) in [5.41, 5.74) is 8.34. The first-order valence-corrected chi connectivity index (χ1v) is 5.75. The highest BCUT2D eigenvalue weighted by molar-refractivity contribution is 5.46. The number of anilines is 1. The molecule has 0 fully saturated rings. The molecule has 0 bridgehead atoms. The monoisotopic (exact) mass is 222 g/mol. The third-order valence-electron chi connectivity index (χ3n) is 2.48. The van der Waals surface area contributed by atoms with E-state index in [-0.39, 0.29) is 6.04 Å². The van der Waals surface area contributed by atoms with Gasteiger partial charge >= 0.3 is 0 Å². The smallest absolute Gasteiger partial charge is 0.0659 e. The second-order valence-corrected chi connectivity index (χ2v) is 4.17. The van der Waals surface area contributed by atoms with E-state index < -0.39 is 0 Å². The molecule has 3 nitrogen and oxygen atoms in total. The maximum atomic E-state index is 6.02. The predicted molar refractivity (Wildman–Crippen MR) is 68.8 cm³/mol. The van der Waals surface area contributed by atoms with Gasteiger partial charge in [-0.1, -0.05) is 19.1 Å². The molecule has 0 saturated heterocycles. The lowest BCUT2D eigenvalue weighted by molar-refractivity contribution is 0.121. The van der Waals surface area contributed by atoms with E-state index >= 15 is 0 Å². The zero-order valence-electron chi connectivity index (χ0n) is 10.4. The van der Waals surface area contributed by atoms with E-state index in [1.54, 1.807) is 0 Å². The van der Waals surface area contributed by atoms with Gasteiger partial charge < -0.3 is 15.4 Å². The molecule has 0 aliphatic rings. The van der Waals surface area contributed by atoms with E-state index in [4.69, 9.17) is 10.5 Å². The Morgan fingerprint density at radius 3 is 2.38 bits per heavy atom. The van der Waals surface area contributed by atoms with Crippen LogP contribution in [0, 0.1) is 0 Å². The standard InChI is InChI=1S/C13H22N2O/c1-4-9-16-10-13(14)11-5-7-12(8-6-11)15(2)3/h5-8,13H,4,9-10,14H2,1-3H3. The molecule has 0 aliphatic heterocycles. The van der Waals surface area contributed by atoms with Crippen LogP contribution in [-0.2, 0) is 4.74 Å². The molecule has 90 valence electrons. The fraction of sp³-hybridized carbons (Fsp3) is 0.538. The normalized spacial score (nSPS) is 12.5. The second kappa shape index (κ2) is 6.51. The molecule has 1 aromatic rings. The van der Waals surface area contributed by atoms with Crippen LogP contribution >= 0.6 is 0 Å². The molecule has 0 aromatic heterocycles. The fourth-order valence-corrected chi connectivity index (χ4v) is 1.47. The van der Waals surface area contributed by atoms with Crippen molar-refractivity contribution in [2.75, 3.05) is 32.2 Å². The van der Waals surface area contributed by atoms with Crippen molar-refractivity contribution in [2.24, 2.45) is 5.73 Å².